The summed E-state index contributed by atoms with van der Waals surface area (Å²) in [5, 5.41) is 12.6. The number of rotatable bonds is 6. The predicted octanol–water partition coefficient (Wildman–Crippen LogP) is 4.31. The summed E-state index contributed by atoms with van der Waals surface area (Å²) >= 11 is 6.67. The summed E-state index contributed by atoms with van der Waals surface area (Å²) < 4.78 is 12.5. The number of aliphatic hydroxyl groups is 1. The van der Waals surface area contributed by atoms with Crippen molar-refractivity contribution in [2.24, 2.45) is 0 Å². The maximum Gasteiger partial charge on any atom is 0.183 e. The molecule has 0 unspecified atom stereocenters. The molecule has 0 saturated heterocycles. The summed E-state index contributed by atoms with van der Waals surface area (Å²) in [4.78, 5) is 0. The summed E-state index contributed by atoms with van der Waals surface area (Å²) in [5.74, 6) is 1.52. The highest BCUT2D eigenvalue weighted by Gasteiger charge is 2.07. The van der Waals surface area contributed by atoms with E-state index in [0.717, 1.165) is 21.5 Å². The number of hydrogen-bond donors (Lipinski definition) is 2. The number of anilines is 1. The van der Waals surface area contributed by atoms with Gasteiger partial charge in [-0.3, -0.25) is 0 Å². The minimum Gasteiger partial charge on any atom is -0.494 e. The van der Waals surface area contributed by atoms with Gasteiger partial charge in [0.15, 0.2) is 4.67 Å². The van der Waals surface area contributed by atoms with Crippen LogP contribution in [0.1, 0.15) is 18.2 Å². The predicted molar refractivity (Wildman–Crippen MR) is 85.0 cm³/mol. The Bertz CT molecular complexity index is 564. The highest BCUT2D eigenvalue weighted by atomic mass is 79.9. The number of furan rings is 1. The summed E-state index contributed by atoms with van der Waals surface area (Å²) in [6, 6.07) is 7.54. The lowest BCUT2D eigenvalue weighted by Crippen LogP contribution is -2.01. The van der Waals surface area contributed by atoms with Gasteiger partial charge in [0.2, 0.25) is 0 Å². The van der Waals surface area contributed by atoms with E-state index in [-0.39, 0.29) is 6.61 Å². The maximum atomic E-state index is 9.36. The average molecular weight is 405 g/mol. The van der Waals surface area contributed by atoms with Gasteiger partial charge in [-0.2, -0.15) is 0 Å². The van der Waals surface area contributed by atoms with Gasteiger partial charge in [0.25, 0.3) is 0 Å². The fourth-order valence-electron chi connectivity index (χ4n) is 1.78. The Morgan fingerprint density at radius 2 is 2.10 bits per heavy atom. The van der Waals surface area contributed by atoms with E-state index in [1.54, 1.807) is 0 Å². The van der Waals surface area contributed by atoms with Crippen LogP contribution in [0.4, 0.5) is 5.69 Å². The van der Waals surface area contributed by atoms with E-state index >= 15 is 0 Å². The second-order valence-electron chi connectivity index (χ2n) is 4.10. The first kappa shape index (κ1) is 15.4. The molecule has 1 aromatic carbocycles. The van der Waals surface area contributed by atoms with Crippen molar-refractivity contribution in [1.29, 1.82) is 0 Å². The first-order valence-electron chi connectivity index (χ1n) is 6.18. The van der Waals surface area contributed by atoms with Crippen molar-refractivity contribution in [2.45, 2.75) is 20.1 Å². The van der Waals surface area contributed by atoms with Gasteiger partial charge in [-0.25, -0.2) is 0 Å². The molecule has 0 aliphatic rings. The molecule has 0 aliphatic carbocycles. The van der Waals surface area contributed by atoms with Crippen molar-refractivity contribution < 1.29 is 14.3 Å². The number of aliphatic hydroxyl groups excluding tert-OH is 1. The fourth-order valence-corrected chi connectivity index (χ4v) is 2.44. The zero-order valence-corrected chi connectivity index (χ0v) is 14.1. The fraction of sp³-hybridized carbons (Fsp3) is 0.286. The molecule has 0 saturated carbocycles. The van der Waals surface area contributed by atoms with E-state index in [0.29, 0.717) is 23.6 Å². The van der Waals surface area contributed by atoms with E-state index in [4.69, 9.17) is 9.15 Å². The quantitative estimate of drug-likeness (QED) is 0.753. The van der Waals surface area contributed by atoms with Gasteiger partial charge >= 0.3 is 0 Å². The van der Waals surface area contributed by atoms with Gasteiger partial charge in [-0.1, -0.05) is 0 Å². The van der Waals surface area contributed by atoms with Crippen LogP contribution >= 0.6 is 31.9 Å². The molecule has 0 radical (unpaired) electrons. The molecule has 4 nitrogen and oxygen atoms in total. The van der Waals surface area contributed by atoms with Gasteiger partial charge in [0.05, 0.1) is 24.2 Å². The van der Waals surface area contributed by atoms with Crippen molar-refractivity contribution in [3.05, 3.63) is 44.7 Å². The first-order chi connectivity index (χ1) is 9.63. The molecule has 0 aliphatic heterocycles. The molecule has 6 heteroatoms. The smallest absolute Gasteiger partial charge is 0.183 e. The van der Waals surface area contributed by atoms with Crippen LogP contribution in [0.15, 0.2) is 37.8 Å². The molecule has 20 heavy (non-hydrogen) atoms. The molecule has 0 fully saturated rings. The number of halogens is 2. The van der Waals surface area contributed by atoms with E-state index in [9.17, 15) is 5.11 Å². The van der Waals surface area contributed by atoms with Crippen LogP contribution < -0.4 is 10.1 Å². The Balaban J connectivity index is 2.06. The molecule has 1 heterocycles. The van der Waals surface area contributed by atoms with Crippen LogP contribution in [0.25, 0.3) is 0 Å². The standard InChI is InChI=1S/C14H15Br2NO3/c1-2-19-13-4-3-10(5-9(13)8-18)17-7-11-6-12(15)14(16)20-11/h3-6,17-18H,2,7-8H2,1H3. The molecule has 0 atom stereocenters. The molecular weight excluding hydrogens is 390 g/mol. The molecule has 2 aromatic rings. The van der Waals surface area contributed by atoms with Crippen LogP contribution in [0.5, 0.6) is 5.75 Å². The number of nitrogens with one attached hydrogen (secondary N) is 1. The summed E-state index contributed by atoms with van der Waals surface area (Å²) in [7, 11) is 0. The minimum atomic E-state index is -0.0529. The van der Waals surface area contributed by atoms with Crippen molar-refractivity contribution >= 4 is 37.5 Å². The highest BCUT2D eigenvalue weighted by molar-refractivity contribution is 9.13. The molecule has 0 spiro atoms. The van der Waals surface area contributed by atoms with Gasteiger partial charge < -0.3 is 19.6 Å². The van der Waals surface area contributed by atoms with Crippen LogP contribution in [-0.4, -0.2) is 11.7 Å². The Kier molecular flexibility index (Phi) is 5.51. The summed E-state index contributed by atoms with van der Waals surface area (Å²) in [6.07, 6.45) is 0. The maximum absolute atomic E-state index is 9.36. The molecule has 0 amide bonds. The van der Waals surface area contributed by atoms with Crippen LogP contribution in [0.2, 0.25) is 0 Å². The summed E-state index contributed by atoms with van der Waals surface area (Å²) in [5.41, 5.74) is 1.67. The van der Waals surface area contributed by atoms with Gasteiger partial charge in [-0.15, -0.1) is 0 Å². The van der Waals surface area contributed by atoms with E-state index in [2.05, 4.69) is 37.2 Å². The lowest BCUT2D eigenvalue weighted by Gasteiger charge is -2.11. The van der Waals surface area contributed by atoms with Crippen LogP contribution in [0.3, 0.4) is 0 Å². The molecule has 0 bridgehead atoms. The van der Waals surface area contributed by atoms with Crippen molar-refractivity contribution in [2.75, 3.05) is 11.9 Å². The van der Waals surface area contributed by atoms with E-state index in [1.807, 2.05) is 31.2 Å². The third kappa shape index (κ3) is 3.77. The Labute approximate surface area is 134 Å². The van der Waals surface area contributed by atoms with Crippen LogP contribution in [-0.2, 0) is 13.2 Å². The second kappa shape index (κ2) is 7.15. The zero-order valence-electron chi connectivity index (χ0n) is 11.0. The number of ether oxygens (including phenoxy) is 1. The molecule has 1 aromatic heterocycles. The Morgan fingerprint density at radius 3 is 2.70 bits per heavy atom. The van der Waals surface area contributed by atoms with Crippen molar-refractivity contribution in [1.82, 2.24) is 0 Å². The van der Waals surface area contributed by atoms with Gasteiger partial charge in [0, 0.05) is 11.3 Å². The molecule has 2 rings (SSSR count). The van der Waals surface area contributed by atoms with Gasteiger partial charge in [0.1, 0.15) is 11.5 Å². The van der Waals surface area contributed by atoms with E-state index in [1.165, 1.54) is 0 Å². The minimum absolute atomic E-state index is 0.0529. The molecule has 108 valence electrons. The highest BCUT2D eigenvalue weighted by Crippen LogP contribution is 2.28. The number of hydrogen-bond acceptors (Lipinski definition) is 4. The van der Waals surface area contributed by atoms with E-state index < -0.39 is 0 Å². The Hall–Kier alpha value is -0.980. The monoisotopic (exact) mass is 403 g/mol. The van der Waals surface area contributed by atoms with Crippen molar-refractivity contribution in [3.63, 3.8) is 0 Å². The van der Waals surface area contributed by atoms with Gasteiger partial charge in [-0.05, 0) is 63.0 Å². The summed E-state index contributed by atoms with van der Waals surface area (Å²) in [6.45, 7) is 3.00. The van der Waals surface area contributed by atoms with Crippen molar-refractivity contribution in [3.8, 4) is 5.75 Å². The lowest BCUT2D eigenvalue weighted by atomic mass is 10.2. The zero-order chi connectivity index (χ0) is 14.5. The third-order valence-corrected chi connectivity index (χ3v) is 4.40. The topological polar surface area (TPSA) is 54.6 Å². The third-order valence-electron chi connectivity index (χ3n) is 2.69. The van der Waals surface area contributed by atoms with Crippen LogP contribution in [0, 0.1) is 0 Å². The second-order valence-corrected chi connectivity index (χ2v) is 5.68. The lowest BCUT2D eigenvalue weighted by molar-refractivity contribution is 0.267. The number of benzene rings is 1. The largest absolute Gasteiger partial charge is 0.494 e. The SMILES string of the molecule is CCOc1ccc(NCc2cc(Br)c(Br)o2)cc1CO. The average Bonchev–Trinajstić information content (AvgIpc) is 2.77. The molecular formula is C14H15Br2NO3. The Morgan fingerprint density at radius 1 is 1.30 bits per heavy atom. The molecule has 2 N–H and O–H groups in total. The normalized spacial score (nSPS) is 10.6. The first-order valence-corrected chi connectivity index (χ1v) is 7.76.